The van der Waals surface area contributed by atoms with E-state index in [9.17, 15) is 0 Å². The average molecular weight is 271 g/mol. The molecule has 2 rings (SSSR count). The second-order valence-corrected chi connectivity index (χ2v) is 5.01. The quantitative estimate of drug-likeness (QED) is 0.857. The van der Waals surface area contributed by atoms with Gasteiger partial charge in [-0.3, -0.25) is 0 Å². The molecule has 0 unspecified atom stereocenters. The molecule has 82 valence electrons. The Balaban J connectivity index is 1.90. The van der Waals surface area contributed by atoms with E-state index in [1.165, 1.54) is 12.8 Å². The van der Waals surface area contributed by atoms with Crippen molar-refractivity contribution in [2.75, 3.05) is 13.2 Å². The van der Waals surface area contributed by atoms with Crippen LogP contribution in [-0.4, -0.2) is 23.7 Å². The zero-order chi connectivity index (χ0) is 10.7. The molecule has 1 saturated heterocycles. The third-order valence-corrected chi connectivity index (χ3v) is 3.18. The molecule has 1 aliphatic rings. The van der Waals surface area contributed by atoms with E-state index in [1.807, 2.05) is 12.1 Å². The Morgan fingerprint density at radius 1 is 1.60 bits per heavy atom. The second-order valence-electron chi connectivity index (χ2n) is 4.20. The smallest absolute Gasteiger partial charge is 0.137 e. The predicted octanol–water partition coefficient (Wildman–Crippen LogP) is 2.37. The minimum atomic E-state index is 0.132. The summed E-state index contributed by atoms with van der Waals surface area (Å²) in [5.41, 5.74) is 0.132. The average Bonchev–Trinajstić information content (AvgIpc) is 2.65. The summed E-state index contributed by atoms with van der Waals surface area (Å²) in [5, 5.41) is 3.46. The molecule has 1 aromatic rings. The van der Waals surface area contributed by atoms with E-state index in [-0.39, 0.29) is 5.54 Å². The van der Waals surface area contributed by atoms with Crippen LogP contribution in [0.3, 0.4) is 0 Å². The van der Waals surface area contributed by atoms with E-state index < -0.39 is 0 Å². The van der Waals surface area contributed by atoms with Crippen molar-refractivity contribution in [3.63, 3.8) is 0 Å². The van der Waals surface area contributed by atoms with Gasteiger partial charge in [-0.05, 0) is 54.4 Å². The summed E-state index contributed by atoms with van der Waals surface area (Å²) in [5.74, 6) is 0.827. The zero-order valence-electron chi connectivity index (χ0n) is 8.79. The molecule has 0 aromatic carbocycles. The van der Waals surface area contributed by atoms with Crippen LogP contribution in [0.15, 0.2) is 22.9 Å². The van der Waals surface area contributed by atoms with Crippen molar-refractivity contribution < 1.29 is 4.74 Å². The number of hydrogen-bond donors (Lipinski definition) is 1. The van der Waals surface area contributed by atoms with E-state index in [0.717, 1.165) is 16.9 Å². The molecule has 1 fully saturated rings. The van der Waals surface area contributed by atoms with Crippen molar-refractivity contribution in [1.29, 1.82) is 0 Å². The highest BCUT2D eigenvalue weighted by Gasteiger charge is 2.28. The Morgan fingerprint density at radius 3 is 3.07 bits per heavy atom. The number of nitrogens with one attached hydrogen (secondary N) is 1. The minimum absolute atomic E-state index is 0.132. The fourth-order valence-corrected chi connectivity index (χ4v) is 2.01. The largest absolute Gasteiger partial charge is 0.490 e. The van der Waals surface area contributed by atoms with E-state index in [2.05, 4.69) is 33.2 Å². The van der Waals surface area contributed by atoms with E-state index >= 15 is 0 Å². The molecule has 4 heteroatoms. The molecule has 0 spiro atoms. The lowest BCUT2D eigenvalue weighted by Gasteiger charge is -2.24. The normalized spacial score (nSPS) is 25.5. The third-order valence-electron chi connectivity index (χ3n) is 2.71. The Bertz CT molecular complexity index is 320. The number of rotatable bonds is 3. The molecule has 0 saturated carbocycles. The summed E-state index contributed by atoms with van der Waals surface area (Å²) in [6.07, 6.45) is 4.15. The minimum Gasteiger partial charge on any atom is -0.490 e. The molecule has 2 heterocycles. The highest BCUT2D eigenvalue weighted by Crippen LogP contribution is 2.20. The SMILES string of the molecule is C[C@@]1(COc2ccc(Br)nc2)CCCN1. The topological polar surface area (TPSA) is 34.1 Å². The first kappa shape index (κ1) is 10.9. The molecular formula is C11H15BrN2O. The maximum atomic E-state index is 5.70. The van der Waals surface area contributed by atoms with Gasteiger partial charge in [0.25, 0.3) is 0 Å². The van der Waals surface area contributed by atoms with Crippen molar-refractivity contribution in [3.05, 3.63) is 22.9 Å². The van der Waals surface area contributed by atoms with Gasteiger partial charge in [0.1, 0.15) is 17.0 Å². The van der Waals surface area contributed by atoms with Crippen LogP contribution in [0.5, 0.6) is 5.75 Å². The van der Waals surface area contributed by atoms with Gasteiger partial charge in [0.2, 0.25) is 0 Å². The van der Waals surface area contributed by atoms with Gasteiger partial charge in [0.15, 0.2) is 0 Å². The molecule has 1 aliphatic heterocycles. The molecule has 1 atom stereocenters. The standard InChI is InChI=1S/C11H15BrN2O/c1-11(5-2-6-14-11)8-15-9-3-4-10(12)13-7-9/h3-4,7,14H,2,5-6,8H2,1H3/t11-/m0/s1. The molecular weight excluding hydrogens is 256 g/mol. The lowest BCUT2D eigenvalue weighted by atomic mass is 10.0. The Labute approximate surface area is 98.4 Å². The first-order valence-electron chi connectivity index (χ1n) is 5.17. The van der Waals surface area contributed by atoms with Crippen molar-refractivity contribution in [1.82, 2.24) is 10.3 Å². The van der Waals surface area contributed by atoms with Crippen LogP contribution in [0.2, 0.25) is 0 Å². The number of hydrogen-bond acceptors (Lipinski definition) is 3. The molecule has 1 N–H and O–H groups in total. The van der Waals surface area contributed by atoms with Crippen LogP contribution >= 0.6 is 15.9 Å². The lowest BCUT2D eigenvalue weighted by Crippen LogP contribution is -2.42. The molecule has 1 aromatic heterocycles. The van der Waals surface area contributed by atoms with Gasteiger partial charge in [0.05, 0.1) is 6.20 Å². The van der Waals surface area contributed by atoms with Crippen molar-refractivity contribution in [3.8, 4) is 5.75 Å². The molecule has 15 heavy (non-hydrogen) atoms. The Kier molecular flexibility index (Phi) is 3.26. The monoisotopic (exact) mass is 270 g/mol. The fraction of sp³-hybridized carbons (Fsp3) is 0.545. The summed E-state index contributed by atoms with van der Waals surface area (Å²) in [6.45, 7) is 4.00. The summed E-state index contributed by atoms with van der Waals surface area (Å²) in [4.78, 5) is 4.12. The molecule has 3 nitrogen and oxygen atoms in total. The van der Waals surface area contributed by atoms with Gasteiger partial charge in [-0.15, -0.1) is 0 Å². The summed E-state index contributed by atoms with van der Waals surface area (Å²) >= 11 is 3.29. The zero-order valence-corrected chi connectivity index (χ0v) is 10.4. The van der Waals surface area contributed by atoms with Crippen LogP contribution in [-0.2, 0) is 0 Å². The van der Waals surface area contributed by atoms with Crippen LogP contribution < -0.4 is 10.1 Å². The van der Waals surface area contributed by atoms with Crippen molar-refractivity contribution in [2.45, 2.75) is 25.3 Å². The van der Waals surface area contributed by atoms with Gasteiger partial charge >= 0.3 is 0 Å². The van der Waals surface area contributed by atoms with Gasteiger partial charge in [-0.25, -0.2) is 4.98 Å². The highest BCUT2D eigenvalue weighted by atomic mass is 79.9. The number of halogens is 1. The number of aromatic nitrogens is 1. The third kappa shape index (κ3) is 2.92. The summed E-state index contributed by atoms with van der Waals surface area (Å²) in [6, 6.07) is 3.81. The lowest BCUT2D eigenvalue weighted by molar-refractivity contribution is 0.212. The van der Waals surface area contributed by atoms with Gasteiger partial charge in [-0.1, -0.05) is 0 Å². The fourth-order valence-electron chi connectivity index (χ4n) is 1.77. The maximum Gasteiger partial charge on any atom is 0.137 e. The maximum absolute atomic E-state index is 5.70. The first-order valence-corrected chi connectivity index (χ1v) is 5.97. The Morgan fingerprint density at radius 2 is 2.47 bits per heavy atom. The number of nitrogens with zero attached hydrogens (tertiary/aromatic N) is 1. The van der Waals surface area contributed by atoms with Crippen LogP contribution in [0.1, 0.15) is 19.8 Å². The summed E-state index contributed by atoms with van der Waals surface area (Å²) in [7, 11) is 0. The van der Waals surface area contributed by atoms with Gasteiger partial charge < -0.3 is 10.1 Å². The molecule has 0 radical (unpaired) electrons. The second kappa shape index (κ2) is 4.49. The molecule has 0 aliphatic carbocycles. The van der Waals surface area contributed by atoms with Crippen molar-refractivity contribution >= 4 is 15.9 Å². The van der Waals surface area contributed by atoms with Gasteiger partial charge in [-0.2, -0.15) is 0 Å². The summed E-state index contributed by atoms with van der Waals surface area (Å²) < 4.78 is 6.54. The number of pyridine rings is 1. The predicted molar refractivity (Wildman–Crippen MR) is 63.1 cm³/mol. The van der Waals surface area contributed by atoms with Crippen LogP contribution in [0.25, 0.3) is 0 Å². The van der Waals surface area contributed by atoms with E-state index in [1.54, 1.807) is 6.20 Å². The highest BCUT2D eigenvalue weighted by molar-refractivity contribution is 9.10. The van der Waals surface area contributed by atoms with Crippen LogP contribution in [0, 0.1) is 0 Å². The van der Waals surface area contributed by atoms with E-state index in [4.69, 9.17) is 4.74 Å². The molecule has 0 amide bonds. The number of ether oxygens (including phenoxy) is 1. The van der Waals surface area contributed by atoms with E-state index in [0.29, 0.717) is 6.61 Å². The first-order chi connectivity index (χ1) is 7.18. The Hall–Kier alpha value is -0.610. The van der Waals surface area contributed by atoms with Gasteiger partial charge in [0, 0.05) is 5.54 Å². The molecule has 0 bridgehead atoms. The van der Waals surface area contributed by atoms with Crippen molar-refractivity contribution in [2.24, 2.45) is 0 Å². The van der Waals surface area contributed by atoms with Crippen LogP contribution in [0.4, 0.5) is 0 Å².